The number of halogens is 2. The minimum Gasteiger partial charge on any atom is -0.481 e. The third kappa shape index (κ3) is 5.60. The predicted molar refractivity (Wildman–Crippen MR) is 154 cm³/mol. The highest BCUT2D eigenvalue weighted by atomic mass is 35.5. The molecule has 0 bridgehead atoms. The first-order chi connectivity index (χ1) is 19.2. The predicted octanol–water partition coefficient (Wildman–Crippen LogP) is 3.04. The van der Waals surface area contributed by atoms with Crippen LogP contribution < -0.4 is 10.9 Å². The summed E-state index contributed by atoms with van der Waals surface area (Å²) in [6.07, 6.45) is 5.28. The normalized spacial score (nSPS) is 38.5. The van der Waals surface area contributed by atoms with Gasteiger partial charge in [0.1, 0.15) is 12.0 Å². The topological polar surface area (TPSA) is 96.7 Å². The summed E-state index contributed by atoms with van der Waals surface area (Å²) in [6.45, 7) is 5.87. The number of carbonyl (C=O) groups is 1. The van der Waals surface area contributed by atoms with Crippen LogP contribution in [0.2, 0.25) is 0 Å². The highest BCUT2D eigenvalue weighted by Gasteiger charge is 2.51. The fraction of sp³-hybridized carbons (Fsp3) is 0.828. The number of rotatable bonds is 7. The van der Waals surface area contributed by atoms with Gasteiger partial charge in [-0.2, -0.15) is 11.8 Å². The lowest BCUT2D eigenvalue weighted by molar-refractivity contribution is -0.142. The van der Waals surface area contributed by atoms with Crippen molar-refractivity contribution in [3.8, 4) is 0 Å². The van der Waals surface area contributed by atoms with E-state index in [1.165, 1.54) is 0 Å². The summed E-state index contributed by atoms with van der Waals surface area (Å²) < 4.78 is 21.8. The fourth-order valence-corrected chi connectivity index (χ4v) is 10.2. The van der Waals surface area contributed by atoms with Gasteiger partial charge >= 0.3 is 5.97 Å². The number of carboxylic acids is 1. The molecular weight excluding hydrogens is 555 g/mol. The van der Waals surface area contributed by atoms with E-state index in [1.54, 1.807) is 16.3 Å². The van der Waals surface area contributed by atoms with Crippen molar-refractivity contribution in [3.05, 3.63) is 27.4 Å². The highest BCUT2D eigenvalue weighted by Crippen LogP contribution is 2.48. The molecule has 1 saturated carbocycles. The van der Waals surface area contributed by atoms with Gasteiger partial charge in [0, 0.05) is 53.2 Å². The molecule has 1 aromatic heterocycles. The second kappa shape index (κ2) is 11.8. The van der Waals surface area contributed by atoms with Crippen LogP contribution in [-0.2, 0) is 28.9 Å². The van der Waals surface area contributed by atoms with Crippen molar-refractivity contribution in [2.24, 2.45) is 17.8 Å². The lowest BCUT2D eigenvalue weighted by Gasteiger charge is -2.47. The summed E-state index contributed by atoms with van der Waals surface area (Å²) >= 11 is 8.50. The number of ether oxygens (including phenoxy) is 1. The van der Waals surface area contributed by atoms with E-state index in [1.807, 2.05) is 6.92 Å². The molecule has 3 saturated heterocycles. The molecule has 6 rings (SSSR count). The molecule has 2 aliphatic carbocycles. The third-order valence-electron chi connectivity index (χ3n) is 10.1. The maximum Gasteiger partial charge on any atom is 0.308 e. The number of hydrogen-bond acceptors (Lipinski definition) is 7. The van der Waals surface area contributed by atoms with Gasteiger partial charge in [0.25, 0.3) is 5.56 Å². The summed E-state index contributed by atoms with van der Waals surface area (Å²) in [5.41, 5.74) is 1.70. The Kier molecular flexibility index (Phi) is 8.54. The van der Waals surface area contributed by atoms with Crippen LogP contribution in [0.1, 0.15) is 56.1 Å². The van der Waals surface area contributed by atoms with Crippen molar-refractivity contribution in [1.29, 1.82) is 0 Å². The van der Waals surface area contributed by atoms with Crippen LogP contribution in [0.15, 0.2) is 4.79 Å². The first kappa shape index (κ1) is 28.9. The molecule has 2 N–H and O–H groups in total. The lowest BCUT2D eigenvalue weighted by atomic mass is 9.70. The number of thioether (sulfide) groups is 1. The van der Waals surface area contributed by atoms with E-state index < -0.39 is 12.1 Å². The van der Waals surface area contributed by atoms with Crippen molar-refractivity contribution in [1.82, 2.24) is 19.8 Å². The summed E-state index contributed by atoms with van der Waals surface area (Å²) in [4.78, 5) is 32.4. The number of hydrogen-bond donors (Lipinski definition) is 2. The zero-order chi connectivity index (χ0) is 28.1. The molecule has 9 unspecified atom stereocenters. The highest BCUT2D eigenvalue weighted by molar-refractivity contribution is 8.00. The van der Waals surface area contributed by atoms with Gasteiger partial charge in [0.15, 0.2) is 0 Å². The number of nitrogens with zero attached hydrogens (tertiary/aromatic N) is 3. The van der Waals surface area contributed by atoms with Gasteiger partial charge in [-0.25, -0.2) is 9.37 Å². The third-order valence-corrected chi connectivity index (χ3v) is 12.1. The molecule has 0 radical (unpaired) electrons. The van der Waals surface area contributed by atoms with E-state index in [2.05, 4.69) is 17.1 Å². The number of aromatic nitrogens is 2. The number of aryl methyl sites for hydroxylation is 2. The van der Waals surface area contributed by atoms with E-state index in [0.29, 0.717) is 44.3 Å². The minimum atomic E-state index is -0.742. The van der Waals surface area contributed by atoms with Gasteiger partial charge in [-0.3, -0.25) is 19.1 Å². The number of likely N-dealkylation sites (tertiary alicyclic amines) is 1. The number of nitrogens with one attached hydrogen (secondary N) is 1. The zero-order valence-electron chi connectivity index (χ0n) is 23.4. The molecule has 11 heteroatoms. The quantitative estimate of drug-likeness (QED) is 0.464. The second-order valence-electron chi connectivity index (χ2n) is 12.7. The number of fused-ring (bicyclic) bond motifs is 2. The van der Waals surface area contributed by atoms with E-state index in [-0.39, 0.29) is 52.3 Å². The van der Waals surface area contributed by atoms with E-state index in [0.717, 1.165) is 55.6 Å². The van der Waals surface area contributed by atoms with Gasteiger partial charge in [-0.15, -0.1) is 11.6 Å². The smallest absolute Gasteiger partial charge is 0.308 e. The molecule has 0 aromatic carbocycles. The first-order valence-corrected chi connectivity index (χ1v) is 16.5. The molecular formula is C29H42ClFN4O4S. The average Bonchev–Trinajstić information content (AvgIpc) is 3.33. The van der Waals surface area contributed by atoms with E-state index >= 15 is 0 Å². The lowest BCUT2D eigenvalue weighted by Crippen LogP contribution is -2.57. The van der Waals surface area contributed by atoms with E-state index in [4.69, 9.17) is 21.3 Å². The molecule has 222 valence electrons. The van der Waals surface area contributed by atoms with Crippen LogP contribution >= 0.6 is 23.4 Å². The van der Waals surface area contributed by atoms with Crippen molar-refractivity contribution in [2.45, 2.75) is 106 Å². The number of alkyl halides is 2. The molecule has 4 heterocycles. The Morgan fingerprint density at radius 2 is 2.05 bits per heavy atom. The maximum atomic E-state index is 13.6. The fourth-order valence-electron chi connectivity index (χ4n) is 8.05. The molecule has 0 amide bonds. The molecule has 40 heavy (non-hydrogen) atoms. The Bertz CT molecular complexity index is 1170. The van der Waals surface area contributed by atoms with Crippen molar-refractivity contribution < 1.29 is 19.0 Å². The van der Waals surface area contributed by atoms with Gasteiger partial charge in [0.05, 0.1) is 30.9 Å². The molecule has 4 fully saturated rings. The Labute approximate surface area is 244 Å². The number of carboxylic acid groups (broad SMARTS) is 1. The van der Waals surface area contributed by atoms with Crippen LogP contribution in [0.4, 0.5) is 4.39 Å². The Morgan fingerprint density at radius 3 is 2.80 bits per heavy atom. The van der Waals surface area contributed by atoms with Crippen molar-refractivity contribution >= 4 is 29.3 Å². The summed E-state index contributed by atoms with van der Waals surface area (Å²) in [6, 6.07) is 0.450. The molecule has 1 aromatic rings. The van der Waals surface area contributed by atoms with Gasteiger partial charge < -0.3 is 15.2 Å². The molecule has 9 atom stereocenters. The minimum absolute atomic E-state index is 0.0197. The molecule has 8 nitrogen and oxygen atoms in total. The van der Waals surface area contributed by atoms with Crippen molar-refractivity contribution in [2.75, 3.05) is 25.4 Å². The Morgan fingerprint density at radius 1 is 1.25 bits per heavy atom. The second-order valence-corrected chi connectivity index (χ2v) is 14.5. The van der Waals surface area contributed by atoms with Crippen LogP contribution in [0.25, 0.3) is 0 Å². The summed E-state index contributed by atoms with van der Waals surface area (Å²) in [5.74, 6) is 0.902. The largest absolute Gasteiger partial charge is 0.481 e. The summed E-state index contributed by atoms with van der Waals surface area (Å²) in [7, 11) is 0. The molecule has 3 aliphatic heterocycles. The molecule has 0 spiro atoms. The first-order valence-electron chi connectivity index (χ1n) is 15.0. The zero-order valence-corrected chi connectivity index (χ0v) is 25.0. The monoisotopic (exact) mass is 596 g/mol. The maximum absolute atomic E-state index is 13.6. The average molecular weight is 597 g/mol. The van der Waals surface area contributed by atoms with Crippen LogP contribution in [-0.4, -0.2) is 92.0 Å². The molecule has 5 aliphatic rings. The van der Waals surface area contributed by atoms with Gasteiger partial charge in [-0.05, 0) is 70.6 Å². The summed E-state index contributed by atoms with van der Waals surface area (Å²) in [5, 5.41) is 13.7. The van der Waals surface area contributed by atoms with E-state index in [9.17, 15) is 19.1 Å². The number of piperidine rings is 1. The Hall–Kier alpha value is -1.20. The van der Waals surface area contributed by atoms with Gasteiger partial charge in [0.2, 0.25) is 0 Å². The van der Waals surface area contributed by atoms with Crippen LogP contribution in [0, 0.1) is 24.7 Å². The van der Waals surface area contributed by atoms with Crippen LogP contribution in [0.5, 0.6) is 0 Å². The van der Waals surface area contributed by atoms with Crippen LogP contribution in [0.3, 0.4) is 0 Å². The van der Waals surface area contributed by atoms with Gasteiger partial charge in [-0.1, -0.05) is 0 Å². The SMILES string of the molecule is Cc1nc2c(c(=O)n1CCOC1CCC(Cl)CC1C1CC(C)NC3C(C(=O)O)CSC13)CC(N1CC(F)C1)CC2. The number of aliphatic carboxylic acids is 1. The standard InChI is InChI=1S/C29H42ClFN4O4S/c1-15-9-21(27-26(32-15)23(14-40-27)29(37)38)20-10-17(30)3-6-25(20)39-8-7-35-16(2)33-24-5-4-19(11-22(24)28(35)36)34-12-18(31)13-34/h15,17-21,23,25-27,32H,3-14H2,1-2H3,(H,37,38). The Balaban J connectivity index is 1.14. The van der Waals surface area contributed by atoms with Crippen molar-refractivity contribution in [3.63, 3.8) is 0 Å².